The van der Waals surface area contributed by atoms with Crippen molar-refractivity contribution in [3.05, 3.63) is 29.8 Å². The summed E-state index contributed by atoms with van der Waals surface area (Å²) in [4.78, 5) is 0. The quantitative estimate of drug-likeness (QED) is 0.881. The van der Waals surface area contributed by atoms with Crippen molar-refractivity contribution in [2.75, 3.05) is 18.3 Å². The summed E-state index contributed by atoms with van der Waals surface area (Å²) in [5.74, 6) is -1.71. The number of halogens is 2. The van der Waals surface area contributed by atoms with Crippen LogP contribution in [0.3, 0.4) is 0 Å². The Morgan fingerprint density at radius 3 is 2.50 bits per heavy atom. The fourth-order valence-corrected chi connectivity index (χ4v) is 1.90. The lowest BCUT2D eigenvalue weighted by Gasteiger charge is -2.16. The molecule has 0 aromatic heterocycles. The Balaban J connectivity index is 2.97. The van der Waals surface area contributed by atoms with E-state index >= 15 is 0 Å². The van der Waals surface area contributed by atoms with Gasteiger partial charge in [-0.3, -0.25) is 4.72 Å². The Kier molecular flexibility index (Phi) is 3.82. The third-order valence-corrected chi connectivity index (χ3v) is 3.58. The van der Waals surface area contributed by atoms with Crippen molar-refractivity contribution < 1.29 is 17.2 Å². The maximum absolute atomic E-state index is 13.2. The molecule has 0 bridgehead atoms. The van der Waals surface area contributed by atoms with Gasteiger partial charge < -0.3 is 0 Å². The first-order valence-electron chi connectivity index (χ1n) is 4.56. The molecule has 0 heterocycles. The monoisotopic (exact) mass is 250 g/mol. The van der Waals surface area contributed by atoms with E-state index in [1.807, 2.05) is 4.72 Å². The molecule has 0 saturated heterocycles. The van der Waals surface area contributed by atoms with Crippen LogP contribution in [0, 0.1) is 11.6 Å². The highest BCUT2D eigenvalue weighted by Crippen LogP contribution is 2.17. The maximum Gasteiger partial charge on any atom is 0.301 e. The van der Waals surface area contributed by atoms with E-state index in [2.05, 4.69) is 0 Å². The second kappa shape index (κ2) is 4.75. The summed E-state index contributed by atoms with van der Waals surface area (Å²) < 4.78 is 51.8. The predicted molar refractivity (Wildman–Crippen MR) is 57.2 cm³/mol. The number of benzene rings is 1. The topological polar surface area (TPSA) is 49.4 Å². The fraction of sp³-hybridized carbons (Fsp3) is 0.333. The molecule has 0 radical (unpaired) electrons. The lowest BCUT2D eigenvalue weighted by atomic mass is 10.3. The number of rotatable bonds is 4. The van der Waals surface area contributed by atoms with E-state index < -0.39 is 21.8 Å². The van der Waals surface area contributed by atoms with Gasteiger partial charge in [0.2, 0.25) is 0 Å². The summed E-state index contributed by atoms with van der Waals surface area (Å²) in [6, 6.07) is 2.63. The Hall–Kier alpha value is -1.21. The standard InChI is InChI=1S/C9H12F2N2O2S/c1-3-13(2)16(14,15)12-9-5-4-7(10)6-8(9)11/h4-6,12H,3H2,1-2H3. The molecule has 0 aliphatic carbocycles. The number of nitrogens with one attached hydrogen (secondary N) is 1. The molecule has 7 heteroatoms. The average molecular weight is 250 g/mol. The van der Waals surface area contributed by atoms with E-state index in [4.69, 9.17) is 0 Å². The van der Waals surface area contributed by atoms with Crippen LogP contribution in [0.25, 0.3) is 0 Å². The molecule has 0 spiro atoms. The van der Waals surface area contributed by atoms with Crippen molar-refractivity contribution in [3.63, 3.8) is 0 Å². The Labute approximate surface area is 93.1 Å². The first-order valence-corrected chi connectivity index (χ1v) is 6.00. The molecule has 1 aromatic rings. The predicted octanol–water partition coefficient (Wildman–Crippen LogP) is 1.57. The van der Waals surface area contributed by atoms with Crippen LogP contribution in [-0.4, -0.2) is 26.3 Å². The SMILES string of the molecule is CCN(C)S(=O)(=O)Nc1ccc(F)cc1F. The van der Waals surface area contributed by atoms with Gasteiger partial charge in [-0.1, -0.05) is 6.92 Å². The zero-order valence-electron chi connectivity index (χ0n) is 8.87. The highest BCUT2D eigenvalue weighted by Gasteiger charge is 2.17. The number of hydrogen-bond acceptors (Lipinski definition) is 2. The van der Waals surface area contributed by atoms with Crippen molar-refractivity contribution in [1.82, 2.24) is 4.31 Å². The van der Waals surface area contributed by atoms with Gasteiger partial charge >= 0.3 is 10.2 Å². The van der Waals surface area contributed by atoms with E-state index in [1.54, 1.807) is 6.92 Å². The highest BCUT2D eigenvalue weighted by molar-refractivity contribution is 7.90. The summed E-state index contributed by atoms with van der Waals surface area (Å²) >= 11 is 0. The van der Waals surface area contributed by atoms with Crippen molar-refractivity contribution in [2.45, 2.75) is 6.92 Å². The molecular formula is C9H12F2N2O2S. The molecule has 1 aromatic carbocycles. The van der Waals surface area contributed by atoms with Crippen LogP contribution in [0.2, 0.25) is 0 Å². The number of anilines is 1. The van der Waals surface area contributed by atoms with Crippen LogP contribution < -0.4 is 4.72 Å². The molecule has 0 aliphatic heterocycles. The van der Waals surface area contributed by atoms with Gasteiger partial charge in [-0.2, -0.15) is 12.7 Å². The van der Waals surface area contributed by atoms with E-state index in [0.717, 1.165) is 16.4 Å². The largest absolute Gasteiger partial charge is 0.301 e. The van der Waals surface area contributed by atoms with Crippen LogP contribution in [-0.2, 0) is 10.2 Å². The maximum atomic E-state index is 13.2. The minimum atomic E-state index is -3.78. The third kappa shape index (κ3) is 2.89. The van der Waals surface area contributed by atoms with Gasteiger partial charge in [0, 0.05) is 19.7 Å². The molecule has 1 N–H and O–H groups in total. The van der Waals surface area contributed by atoms with Crippen molar-refractivity contribution in [2.24, 2.45) is 0 Å². The normalized spacial score (nSPS) is 11.8. The molecule has 1 rings (SSSR count). The zero-order valence-corrected chi connectivity index (χ0v) is 9.68. The lowest BCUT2D eigenvalue weighted by molar-refractivity contribution is 0.491. The summed E-state index contributed by atoms with van der Waals surface area (Å²) in [5.41, 5.74) is -0.276. The second-order valence-electron chi connectivity index (χ2n) is 3.15. The van der Waals surface area contributed by atoms with Gasteiger partial charge in [0.25, 0.3) is 0 Å². The first-order chi connectivity index (χ1) is 7.36. The summed E-state index contributed by atoms with van der Waals surface area (Å²) in [6.45, 7) is 1.89. The van der Waals surface area contributed by atoms with Gasteiger partial charge in [-0.25, -0.2) is 8.78 Å². The molecular weight excluding hydrogens is 238 g/mol. The van der Waals surface area contributed by atoms with Gasteiger partial charge in [-0.15, -0.1) is 0 Å². The fourth-order valence-electron chi connectivity index (χ4n) is 0.959. The molecule has 0 atom stereocenters. The zero-order chi connectivity index (χ0) is 12.3. The van der Waals surface area contributed by atoms with E-state index in [1.165, 1.54) is 7.05 Å². The molecule has 0 amide bonds. The second-order valence-corrected chi connectivity index (χ2v) is 4.92. The first kappa shape index (κ1) is 12.9. The van der Waals surface area contributed by atoms with Gasteiger partial charge in [-0.05, 0) is 12.1 Å². The van der Waals surface area contributed by atoms with Crippen LogP contribution >= 0.6 is 0 Å². The smallest absolute Gasteiger partial charge is 0.268 e. The van der Waals surface area contributed by atoms with Gasteiger partial charge in [0.15, 0.2) is 0 Å². The number of nitrogens with zero attached hydrogens (tertiary/aromatic N) is 1. The van der Waals surface area contributed by atoms with Crippen LogP contribution in [0.15, 0.2) is 18.2 Å². The average Bonchev–Trinajstić information content (AvgIpc) is 2.21. The summed E-state index contributed by atoms with van der Waals surface area (Å²) in [5, 5.41) is 0. The van der Waals surface area contributed by atoms with E-state index in [-0.39, 0.29) is 12.2 Å². The van der Waals surface area contributed by atoms with Crippen molar-refractivity contribution in [3.8, 4) is 0 Å². The van der Waals surface area contributed by atoms with Gasteiger partial charge in [0.05, 0.1) is 5.69 Å². The Morgan fingerprint density at radius 1 is 1.38 bits per heavy atom. The minimum Gasteiger partial charge on any atom is -0.268 e. The lowest BCUT2D eigenvalue weighted by Crippen LogP contribution is -2.32. The van der Waals surface area contributed by atoms with E-state index in [9.17, 15) is 17.2 Å². The highest BCUT2D eigenvalue weighted by atomic mass is 32.2. The molecule has 90 valence electrons. The molecule has 0 saturated carbocycles. The van der Waals surface area contributed by atoms with Crippen molar-refractivity contribution in [1.29, 1.82) is 0 Å². The van der Waals surface area contributed by atoms with Crippen LogP contribution in [0.1, 0.15) is 6.92 Å². The molecule has 0 aliphatic rings. The number of hydrogen-bond donors (Lipinski definition) is 1. The Morgan fingerprint density at radius 2 is 2.00 bits per heavy atom. The Bertz CT molecular complexity index is 476. The van der Waals surface area contributed by atoms with E-state index in [0.29, 0.717) is 6.07 Å². The molecule has 16 heavy (non-hydrogen) atoms. The molecule has 4 nitrogen and oxygen atoms in total. The molecule has 0 fully saturated rings. The summed E-state index contributed by atoms with van der Waals surface area (Å²) in [6.07, 6.45) is 0. The van der Waals surface area contributed by atoms with Crippen molar-refractivity contribution >= 4 is 15.9 Å². The minimum absolute atomic E-state index is 0.248. The van der Waals surface area contributed by atoms with Crippen LogP contribution in [0.5, 0.6) is 0 Å². The van der Waals surface area contributed by atoms with Crippen LogP contribution in [0.4, 0.5) is 14.5 Å². The summed E-state index contributed by atoms with van der Waals surface area (Å²) in [7, 11) is -2.43. The van der Waals surface area contributed by atoms with Gasteiger partial charge in [0.1, 0.15) is 11.6 Å². The molecule has 0 unspecified atom stereocenters. The third-order valence-electron chi connectivity index (χ3n) is 2.03.